The minimum Gasteiger partial charge on any atom is -0.383 e. The molecule has 0 aliphatic heterocycles. The average Bonchev–Trinajstić information content (AvgIpc) is 2.32. The Labute approximate surface area is 116 Å². The van der Waals surface area contributed by atoms with Gasteiger partial charge in [0.2, 0.25) is 0 Å². The molecule has 0 radical (unpaired) electrons. The molecule has 4 aliphatic carbocycles. The van der Waals surface area contributed by atoms with Crippen LogP contribution in [0.1, 0.15) is 38.5 Å². The molecule has 0 N–H and O–H groups in total. The van der Waals surface area contributed by atoms with Crippen molar-refractivity contribution in [2.75, 3.05) is 14.1 Å². The summed E-state index contributed by atoms with van der Waals surface area (Å²) in [6, 6.07) is 0. The van der Waals surface area contributed by atoms with Gasteiger partial charge < -0.3 is 4.90 Å². The predicted octanol–water partition coefficient (Wildman–Crippen LogP) is 3.40. The van der Waals surface area contributed by atoms with E-state index < -0.39 is 0 Å². The number of ketones is 1. The third-order valence-electron chi connectivity index (χ3n) is 5.30. The summed E-state index contributed by atoms with van der Waals surface area (Å²) in [5, 5.41) is 0. The Morgan fingerprint density at radius 2 is 1.53 bits per heavy atom. The summed E-state index contributed by atoms with van der Waals surface area (Å²) in [5.41, 5.74) is 0.0250. The average molecular weight is 259 g/mol. The minimum atomic E-state index is 0.0250. The first-order valence-corrected chi connectivity index (χ1v) is 7.63. The molecule has 2 heteroatoms. The zero-order chi connectivity index (χ0) is 13.5. The summed E-state index contributed by atoms with van der Waals surface area (Å²) < 4.78 is 0. The maximum absolute atomic E-state index is 12.6. The number of carbonyl (C=O) groups excluding carboxylic acids is 1. The van der Waals surface area contributed by atoms with Gasteiger partial charge in [-0.2, -0.15) is 0 Å². The van der Waals surface area contributed by atoms with Gasteiger partial charge in [-0.05, 0) is 74.6 Å². The molecule has 4 bridgehead atoms. The normalized spacial score (nSPS) is 40.4. The molecular formula is C17H25NO. The highest BCUT2D eigenvalue weighted by Gasteiger charge is 2.53. The van der Waals surface area contributed by atoms with Crippen molar-refractivity contribution in [3.63, 3.8) is 0 Å². The molecule has 4 saturated carbocycles. The van der Waals surface area contributed by atoms with E-state index in [1.165, 1.54) is 38.5 Å². The van der Waals surface area contributed by atoms with E-state index >= 15 is 0 Å². The van der Waals surface area contributed by atoms with Gasteiger partial charge in [-0.3, -0.25) is 4.79 Å². The third-order valence-corrected chi connectivity index (χ3v) is 5.30. The number of hydrogen-bond acceptors (Lipinski definition) is 2. The molecule has 0 spiro atoms. The van der Waals surface area contributed by atoms with Crippen LogP contribution in [0.3, 0.4) is 0 Å². The van der Waals surface area contributed by atoms with Gasteiger partial charge in [-0.15, -0.1) is 0 Å². The molecule has 0 saturated heterocycles. The van der Waals surface area contributed by atoms with Gasteiger partial charge >= 0.3 is 0 Å². The second kappa shape index (κ2) is 4.81. The zero-order valence-corrected chi connectivity index (χ0v) is 12.1. The molecular weight excluding hydrogens is 234 g/mol. The van der Waals surface area contributed by atoms with Crippen LogP contribution in [-0.2, 0) is 4.79 Å². The van der Waals surface area contributed by atoms with Crippen molar-refractivity contribution in [2.24, 2.45) is 23.2 Å². The van der Waals surface area contributed by atoms with Gasteiger partial charge in [0.25, 0.3) is 0 Å². The van der Waals surface area contributed by atoms with Crippen LogP contribution in [-0.4, -0.2) is 24.8 Å². The Morgan fingerprint density at radius 3 is 2.00 bits per heavy atom. The summed E-state index contributed by atoms with van der Waals surface area (Å²) in [7, 11) is 3.98. The number of carbonyl (C=O) groups is 1. The van der Waals surface area contributed by atoms with E-state index in [0.29, 0.717) is 5.78 Å². The molecule has 4 fully saturated rings. The Bertz CT molecular complexity index is 384. The molecule has 104 valence electrons. The van der Waals surface area contributed by atoms with E-state index in [0.717, 1.165) is 17.8 Å². The van der Waals surface area contributed by atoms with Crippen LogP contribution in [0.2, 0.25) is 0 Å². The molecule has 2 nitrogen and oxygen atoms in total. The second-order valence-electron chi connectivity index (χ2n) is 7.23. The van der Waals surface area contributed by atoms with Crippen LogP contribution < -0.4 is 0 Å². The van der Waals surface area contributed by atoms with E-state index in [2.05, 4.69) is 0 Å². The molecule has 0 aromatic heterocycles. The van der Waals surface area contributed by atoms with E-state index in [1.54, 1.807) is 0 Å². The van der Waals surface area contributed by atoms with Crippen LogP contribution in [0.25, 0.3) is 0 Å². The van der Waals surface area contributed by atoms with Crippen LogP contribution >= 0.6 is 0 Å². The SMILES string of the molecule is CN(C)C=CC=CC(=O)C12CC3CC(CC(C3)C1)C2. The standard InChI is InChI=1S/C17H25NO/c1-18(2)6-4-3-5-16(19)17-10-13-7-14(11-17)9-15(8-13)12-17/h3-6,13-15H,7-12H2,1-2H3. The quantitative estimate of drug-likeness (QED) is 0.569. The number of allylic oxidation sites excluding steroid dienone is 3. The third kappa shape index (κ3) is 2.50. The van der Waals surface area contributed by atoms with E-state index in [9.17, 15) is 4.79 Å². The molecule has 0 heterocycles. The lowest BCUT2D eigenvalue weighted by atomic mass is 9.48. The van der Waals surface area contributed by atoms with Gasteiger partial charge in [0, 0.05) is 19.5 Å². The van der Waals surface area contributed by atoms with Crippen molar-refractivity contribution in [3.05, 3.63) is 24.4 Å². The fourth-order valence-electron chi connectivity index (χ4n) is 4.95. The van der Waals surface area contributed by atoms with Crippen LogP contribution in [0.4, 0.5) is 0 Å². The molecule has 4 rings (SSSR count). The second-order valence-corrected chi connectivity index (χ2v) is 7.23. The van der Waals surface area contributed by atoms with Crippen molar-refractivity contribution in [2.45, 2.75) is 38.5 Å². The maximum atomic E-state index is 12.6. The number of hydrogen-bond donors (Lipinski definition) is 0. The van der Waals surface area contributed by atoms with Crippen molar-refractivity contribution in [3.8, 4) is 0 Å². The van der Waals surface area contributed by atoms with Crippen molar-refractivity contribution >= 4 is 5.78 Å². The van der Waals surface area contributed by atoms with Gasteiger partial charge in [0.05, 0.1) is 0 Å². The van der Waals surface area contributed by atoms with Gasteiger partial charge in [0.1, 0.15) is 0 Å². The monoisotopic (exact) mass is 259 g/mol. The Hall–Kier alpha value is -1.05. The van der Waals surface area contributed by atoms with E-state index in [4.69, 9.17) is 0 Å². The number of nitrogens with zero attached hydrogens (tertiary/aromatic N) is 1. The lowest BCUT2D eigenvalue weighted by Gasteiger charge is -2.55. The van der Waals surface area contributed by atoms with E-state index in [-0.39, 0.29) is 5.41 Å². The largest absolute Gasteiger partial charge is 0.383 e. The lowest BCUT2D eigenvalue weighted by Crippen LogP contribution is -2.49. The van der Waals surface area contributed by atoms with E-state index in [1.807, 2.05) is 43.4 Å². The van der Waals surface area contributed by atoms with Crippen molar-refractivity contribution in [1.29, 1.82) is 0 Å². The summed E-state index contributed by atoms with van der Waals surface area (Å²) in [6.45, 7) is 0. The molecule has 0 amide bonds. The lowest BCUT2D eigenvalue weighted by molar-refractivity contribution is -0.138. The Balaban J connectivity index is 1.69. The molecule has 19 heavy (non-hydrogen) atoms. The van der Waals surface area contributed by atoms with Crippen LogP contribution in [0.5, 0.6) is 0 Å². The topological polar surface area (TPSA) is 20.3 Å². The van der Waals surface area contributed by atoms with Crippen molar-refractivity contribution < 1.29 is 4.79 Å². The van der Waals surface area contributed by atoms with Crippen LogP contribution in [0, 0.1) is 23.2 Å². The highest BCUT2D eigenvalue weighted by atomic mass is 16.1. The smallest absolute Gasteiger partial charge is 0.161 e. The first-order valence-electron chi connectivity index (χ1n) is 7.63. The Kier molecular flexibility index (Phi) is 3.28. The number of rotatable bonds is 4. The summed E-state index contributed by atoms with van der Waals surface area (Å²) in [5.74, 6) is 2.94. The summed E-state index contributed by atoms with van der Waals surface area (Å²) >= 11 is 0. The van der Waals surface area contributed by atoms with Gasteiger partial charge in [0.15, 0.2) is 5.78 Å². The fraction of sp³-hybridized carbons (Fsp3) is 0.706. The highest BCUT2D eigenvalue weighted by molar-refractivity contribution is 5.95. The summed E-state index contributed by atoms with van der Waals surface area (Å²) in [6.07, 6.45) is 15.4. The van der Waals surface area contributed by atoms with Crippen LogP contribution in [0.15, 0.2) is 24.4 Å². The molecule has 0 aromatic carbocycles. The molecule has 0 unspecified atom stereocenters. The molecule has 0 aromatic rings. The first kappa shape index (κ1) is 13.0. The predicted molar refractivity (Wildman–Crippen MR) is 77.6 cm³/mol. The Morgan fingerprint density at radius 1 is 1.00 bits per heavy atom. The van der Waals surface area contributed by atoms with Gasteiger partial charge in [-0.1, -0.05) is 6.08 Å². The minimum absolute atomic E-state index is 0.0250. The zero-order valence-electron chi connectivity index (χ0n) is 12.1. The molecule has 0 atom stereocenters. The first-order chi connectivity index (χ1) is 9.07. The fourth-order valence-corrected chi connectivity index (χ4v) is 4.95. The molecule has 4 aliphatic rings. The summed E-state index contributed by atoms with van der Waals surface area (Å²) in [4.78, 5) is 14.6. The van der Waals surface area contributed by atoms with Gasteiger partial charge in [-0.25, -0.2) is 0 Å². The maximum Gasteiger partial charge on any atom is 0.161 e. The highest BCUT2D eigenvalue weighted by Crippen LogP contribution is 2.60. The van der Waals surface area contributed by atoms with Crippen molar-refractivity contribution in [1.82, 2.24) is 4.90 Å².